The first-order chi connectivity index (χ1) is 16.3. The van der Waals surface area contributed by atoms with Crippen molar-refractivity contribution in [1.82, 2.24) is 29.6 Å². The molecule has 1 atom stereocenters. The van der Waals surface area contributed by atoms with Crippen molar-refractivity contribution >= 4 is 17.5 Å². The van der Waals surface area contributed by atoms with Gasteiger partial charge >= 0.3 is 0 Å². The summed E-state index contributed by atoms with van der Waals surface area (Å²) in [5, 5.41) is 16.4. The van der Waals surface area contributed by atoms with E-state index in [4.69, 9.17) is 16.9 Å². The zero-order valence-electron chi connectivity index (χ0n) is 18.5. The number of aryl methyl sites for hydroxylation is 1. The van der Waals surface area contributed by atoms with Gasteiger partial charge in [-0.3, -0.25) is 14.0 Å². The highest BCUT2D eigenvalue weighted by molar-refractivity contribution is 6.32. The van der Waals surface area contributed by atoms with Crippen molar-refractivity contribution in [1.29, 1.82) is 5.26 Å². The molecule has 0 aliphatic carbocycles. The second-order valence-corrected chi connectivity index (χ2v) is 8.31. The van der Waals surface area contributed by atoms with E-state index in [-0.39, 0.29) is 29.0 Å². The van der Waals surface area contributed by atoms with Crippen molar-refractivity contribution < 1.29 is 9.18 Å². The average Bonchev–Trinajstić information content (AvgIpc) is 3.43. The predicted octanol–water partition coefficient (Wildman–Crippen LogP) is 3.85. The van der Waals surface area contributed by atoms with E-state index in [2.05, 4.69) is 20.4 Å². The van der Waals surface area contributed by atoms with Gasteiger partial charge in [-0.25, -0.2) is 14.4 Å². The largest absolute Gasteiger partial charge is 0.351 e. The Kier molecular flexibility index (Phi) is 6.70. The Balaban J connectivity index is 1.35. The molecule has 0 fully saturated rings. The van der Waals surface area contributed by atoms with Gasteiger partial charge in [-0.1, -0.05) is 17.7 Å². The maximum absolute atomic E-state index is 14.1. The number of hydrogen-bond donors (Lipinski definition) is 1. The molecule has 0 unspecified atom stereocenters. The summed E-state index contributed by atoms with van der Waals surface area (Å²) in [6.45, 7) is 4.20. The predicted molar refractivity (Wildman–Crippen MR) is 125 cm³/mol. The molecule has 0 saturated carbocycles. The van der Waals surface area contributed by atoms with Gasteiger partial charge in [0.05, 0.1) is 29.4 Å². The van der Waals surface area contributed by atoms with Crippen LogP contribution in [0.2, 0.25) is 5.02 Å². The second kappa shape index (κ2) is 9.85. The van der Waals surface area contributed by atoms with Crippen molar-refractivity contribution in [3.05, 3.63) is 82.9 Å². The fraction of sp³-hybridized carbons (Fsp3) is 0.208. The average molecular weight is 478 g/mol. The normalized spacial score (nSPS) is 11.7. The topological polar surface area (TPSA) is 101 Å². The highest BCUT2D eigenvalue weighted by atomic mass is 35.5. The lowest BCUT2D eigenvalue weighted by molar-refractivity contribution is -0.121. The van der Waals surface area contributed by atoms with Crippen LogP contribution in [0.15, 0.2) is 55.1 Å². The third-order valence-corrected chi connectivity index (χ3v) is 5.37. The van der Waals surface area contributed by atoms with Crippen LogP contribution < -0.4 is 5.32 Å². The summed E-state index contributed by atoms with van der Waals surface area (Å²) in [5.74, 6) is -0.116. The Bertz CT molecular complexity index is 1360. The molecule has 1 aromatic carbocycles. The number of nitrogens with one attached hydrogen (secondary N) is 1. The molecule has 172 valence electrons. The molecule has 0 saturated heterocycles. The van der Waals surface area contributed by atoms with Crippen molar-refractivity contribution in [2.75, 3.05) is 0 Å². The Morgan fingerprint density at radius 2 is 2.15 bits per heavy atom. The van der Waals surface area contributed by atoms with Gasteiger partial charge in [-0.15, -0.1) is 0 Å². The molecular formula is C24H21ClFN7O. The van der Waals surface area contributed by atoms with Crippen LogP contribution >= 0.6 is 11.6 Å². The molecule has 3 heterocycles. The molecule has 0 bridgehead atoms. The molecule has 34 heavy (non-hydrogen) atoms. The van der Waals surface area contributed by atoms with E-state index in [9.17, 15) is 9.18 Å². The van der Waals surface area contributed by atoms with Gasteiger partial charge in [-0.2, -0.15) is 10.4 Å². The van der Waals surface area contributed by atoms with Gasteiger partial charge in [0.15, 0.2) is 0 Å². The summed E-state index contributed by atoms with van der Waals surface area (Å²) in [6.07, 6.45) is 5.29. The van der Waals surface area contributed by atoms with Crippen molar-refractivity contribution in [2.24, 2.45) is 0 Å². The molecule has 1 amide bonds. The van der Waals surface area contributed by atoms with E-state index >= 15 is 0 Å². The summed E-state index contributed by atoms with van der Waals surface area (Å²) in [5.41, 5.74) is 2.32. The van der Waals surface area contributed by atoms with Crippen LogP contribution in [0.1, 0.15) is 23.9 Å². The third kappa shape index (κ3) is 5.30. The molecule has 0 aliphatic heterocycles. The van der Waals surface area contributed by atoms with Crippen LogP contribution in [0.4, 0.5) is 4.39 Å². The van der Waals surface area contributed by atoms with E-state index in [1.807, 2.05) is 32.0 Å². The van der Waals surface area contributed by atoms with Crippen LogP contribution in [-0.4, -0.2) is 36.3 Å². The zero-order valence-corrected chi connectivity index (χ0v) is 19.3. The monoisotopic (exact) mass is 477 g/mol. The second-order valence-electron chi connectivity index (χ2n) is 7.90. The molecule has 0 aliphatic rings. The zero-order chi connectivity index (χ0) is 24.2. The minimum Gasteiger partial charge on any atom is -0.351 e. The number of imidazole rings is 1. The molecule has 0 spiro atoms. The van der Waals surface area contributed by atoms with Crippen molar-refractivity contribution in [2.45, 2.75) is 32.9 Å². The highest BCUT2D eigenvalue weighted by Gasteiger charge is 2.14. The first-order valence-electron chi connectivity index (χ1n) is 10.5. The number of pyridine rings is 1. The summed E-state index contributed by atoms with van der Waals surface area (Å²) < 4.78 is 17.5. The van der Waals surface area contributed by atoms with Crippen LogP contribution in [0.3, 0.4) is 0 Å². The minimum atomic E-state index is -0.694. The van der Waals surface area contributed by atoms with Gasteiger partial charge in [0.25, 0.3) is 0 Å². The van der Waals surface area contributed by atoms with E-state index in [0.717, 1.165) is 11.5 Å². The van der Waals surface area contributed by atoms with Crippen molar-refractivity contribution in [3.8, 4) is 23.1 Å². The van der Waals surface area contributed by atoms with Gasteiger partial charge < -0.3 is 5.32 Å². The number of nitrogens with zero attached hydrogens (tertiary/aromatic N) is 6. The maximum Gasteiger partial charge on any atom is 0.226 e. The summed E-state index contributed by atoms with van der Waals surface area (Å²) in [4.78, 5) is 21.2. The highest BCUT2D eigenvalue weighted by Crippen LogP contribution is 2.26. The van der Waals surface area contributed by atoms with Gasteiger partial charge in [-0.05, 0) is 44.2 Å². The Morgan fingerprint density at radius 3 is 2.88 bits per heavy atom. The molecular weight excluding hydrogens is 457 g/mol. The van der Waals surface area contributed by atoms with Gasteiger partial charge in [0, 0.05) is 29.7 Å². The van der Waals surface area contributed by atoms with Crippen LogP contribution in [0.25, 0.3) is 17.1 Å². The van der Waals surface area contributed by atoms with Gasteiger partial charge in [0.2, 0.25) is 5.91 Å². The maximum atomic E-state index is 14.1. The number of carbonyl (C=O) groups excluding carboxylic acids is 1. The fourth-order valence-corrected chi connectivity index (χ4v) is 3.76. The molecule has 4 aromatic rings. The van der Waals surface area contributed by atoms with E-state index in [1.165, 1.54) is 12.1 Å². The summed E-state index contributed by atoms with van der Waals surface area (Å²) >= 11 is 5.99. The standard InChI is InChI=1S/C24H21ClFN7O/c1-15-4-3-5-23(29-15)32-13-18(28-14-32)10-24(34)30-16(2)12-33-7-6-22(31-33)17-8-20(25)19(11-27)21(26)9-17/h3-9,13-14,16H,10,12H2,1-2H3,(H,30,34)/t16-/m0/s1. The first kappa shape index (κ1) is 23.1. The van der Waals surface area contributed by atoms with Crippen LogP contribution in [0.5, 0.6) is 0 Å². The number of nitriles is 1. The van der Waals surface area contributed by atoms with Crippen LogP contribution in [-0.2, 0) is 17.8 Å². The molecule has 3 aromatic heterocycles. The number of carbonyl (C=O) groups is 1. The SMILES string of the molecule is Cc1cccc(-n2cnc(CC(=O)N[C@@H](C)Cn3ccc(-c4cc(F)c(C#N)c(Cl)c4)n3)c2)n1. The number of amides is 1. The summed E-state index contributed by atoms with van der Waals surface area (Å²) in [7, 11) is 0. The molecule has 8 nitrogen and oxygen atoms in total. The number of hydrogen-bond acceptors (Lipinski definition) is 5. The Hall–Kier alpha value is -4.03. The molecule has 10 heteroatoms. The molecule has 4 rings (SSSR count). The number of halogens is 2. The van der Waals surface area contributed by atoms with E-state index < -0.39 is 5.82 Å². The Morgan fingerprint density at radius 1 is 1.32 bits per heavy atom. The van der Waals surface area contributed by atoms with Crippen LogP contribution in [0, 0.1) is 24.1 Å². The minimum absolute atomic E-state index is 0.0355. The van der Waals surface area contributed by atoms with Crippen molar-refractivity contribution in [3.63, 3.8) is 0 Å². The third-order valence-electron chi connectivity index (χ3n) is 5.07. The number of aromatic nitrogens is 5. The smallest absolute Gasteiger partial charge is 0.226 e. The summed E-state index contributed by atoms with van der Waals surface area (Å²) in [6, 6.07) is 11.7. The quantitative estimate of drug-likeness (QED) is 0.435. The lowest BCUT2D eigenvalue weighted by Gasteiger charge is -2.13. The fourth-order valence-electron chi connectivity index (χ4n) is 3.51. The van der Waals surface area contributed by atoms with E-state index in [1.54, 1.807) is 40.1 Å². The molecule has 0 radical (unpaired) electrons. The molecule has 1 N–H and O–H groups in total. The number of rotatable bonds is 7. The Labute approximate surface area is 200 Å². The number of benzene rings is 1. The lowest BCUT2D eigenvalue weighted by Crippen LogP contribution is -2.36. The lowest BCUT2D eigenvalue weighted by atomic mass is 10.1. The van der Waals surface area contributed by atoms with Gasteiger partial charge in [0.1, 0.15) is 29.6 Å². The van der Waals surface area contributed by atoms with E-state index in [0.29, 0.717) is 23.5 Å². The first-order valence-corrected chi connectivity index (χ1v) is 10.9.